The maximum Gasteiger partial charge on any atom is 0.241 e. The highest BCUT2D eigenvalue weighted by atomic mass is 35.5. The van der Waals surface area contributed by atoms with E-state index >= 15 is 0 Å². The number of piperidine rings is 1. The lowest BCUT2D eigenvalue weighted by Gasteiger charge is -2.40. The number of benzene rings is 1. The molecule has 1 atom stereocenters. The summed E-state index contributed by atoms with van der Waals surface area (Å²) >= 11 is 6.13. The van der Waals surface area contributed by atoms with Gasteiger partial charge in [0.2, 0.25) is 15.9 Å². The number of hydrogen-bond donors (Lipinski definition) is 0. The standard InChI is InChI=1S/C21H32ClN3O4S/c1-3-14-30(27,28)25-9-5-4-6-19(25)21(26)24-12-10-23(11-13-24)16-17-15-18(22)7-8-20(17)29-2/h7-8,15,19H,3-6,9-14,16H2,1-2H3. The van der Waals surface area contributed by atoms with E-state index in [2.05, 4.69) is 4.90 Å². The smallest absolute Gasteiger partial charge is 0.241 e. The average Bonchev–Trinajstić information content (AvgIpc) is 2.74. The van der Waals surface area contributed by atoms with Crippen LogP contribution in [-0.4, -0.2) is 80.1 Å². The molecule has 0 bridgehead atoms. The molecule has 1 amide bonds. The molecule has 7 nitrogen and oxygen atoms in total. The summed E-state index contributed by atoms with van der Waals surface area (Å²) < 4.78 is 32.2. The Bertz CT molecular complexity index is 841. The van der Waals surface area contributed by atoms with Crippen molar-refractivity contribution in [3.05, 3.63) is 28.8 Å². The van der Waals surface area contributed by atoms with Gasteiger partial charge in [-0.05, 0) is 37.5 Å². The zero-order chi connectivity index (χ0) is 21.7. The summed E-state index contributed by atoms with van der Waals surface area (Å²) in [7, 11) is -1.74. The lowest BCUT2D eigenvalue weighted by atomic mass is 10.0. The molecule has 0 radical (unpaired) electrons. The Morgan fingerprint density at radius 2 is 1.90 bits per heavy atom. The van der Waals surface area contributed by atoms with Crippen LogP contribution in [-0.2, 0) is 21.4 Å². The largest absolute Gasteiger partial charge is 0.496 e. The number of amides is 1. The van der Waals surface area contributed by atoms with Crippen LogP contribution in [0.25, 0.3) is 0 Å². The van der Waals surface area contributed by atoms with E-state index in [0.717, 1.165) is 37.2 Å². The van der Waals surface area contributed by atoms with Crippen molar-refractivity contribution in [2.75, 3.05) is 45.6 Å². The number of methoxy groups -OCH3 is 1. The first-order valence-corrected chi connectivity index (χ1v) is 12.7. The molecule has 2 aliphatic rings. The van der Waals surface area contributed by atoms with Crippen molar-refractivity contribution >= 4 is 27.5 Å². The summed E-state index contributed by atoms with van der Waals surface area (Å²) in [5, 5.41) is 0.672. The van der Waals surface area contributed by atoms with Crippen LogP contribution in [0.2, 0.25) is 5.02 Å². The van der Waals surface area contributed by atoms with Crippen LogP contribution >= 0.6 is 11.6 Å². The first-order chi connectivity index (χ1) is 14.4. The van der Waals surface area contributed by atoms with Gasteiger partial charge in [-0.2, -0.15) is 4.31 Å². The molecule has 2 aliphatic heterocycles. The van der Waals surface area contributed by atoms with Crippen LogP contribution in [0.1, 0.15) is 38.2 Å². The van der Waals surface area contributed by atoms with Crippen molar-refractivity contribution in [2.24, 2.45) is 0 Å². The van der Waals surface area contributed by atoms with Crippen LogP contribution < -0.4 is 4.74 Å². The van der Waals surface area contributed by atoms with Gasteiger partial charge < -0.3 is 9.64 Å². The van der Waals surface area contributed by atoms with Gasteiger partial charge in [0.25, 0.3) is 0 Å². The lowest BCUT2D eigenvalue weighted by Crippen LogP contribution is -2.57. The highest BCUT2D eigenvalue weighted by Gasteiger charge is 2.38. The quantitative estimate of drug-likeness (QED) is 0.629. The van der Waals surface area contributed by atoms with E-state index in [1.807, 2.05) is 30.0 Å². The van der Waals surface area contributed by atoms with Crippen LogP contribution in [0.5, 0.6) is 5.75 Å². The zero-order valence-electron chi connectivity index (χ0n) is 17.8. The third-order valence-corrected chi connectivity index (χ3v) is 8.19. The second kappa shape index (κ2) is 10.3. The number of carbonyl (C=O) groups excluding carboxylic acids is 1. The summed E-state index contributed by atoms with van der Waals surface area (Å²) in [4.78, 5) is 17.3. The summed E-state index contributed by atoms with van der Waals surface area (Å²) in [6.45, 7) is 5.66. The van der Waals surface area contributed by atoms with Gasteiger partial charge in [-0.3, -0.25) is 9.69 Å². The fraction of sp³-hybridized carbons (Fsp3) is 0.667. The van der Waals surface area contributed by atoms with E-state index in [9.17, 15) is 13.2 Å². The molecule has 0 spiro atoms. The summed E-state index contributed by atoms with van der Waals surface area (Å²) in [6.07, 6.45) is 2.89. The predicted molar refractivity (Wildman–Crippen MR) is 118 cm³/mol. The van der Waals surface area contributed by atoms with Gasteiger partial charge >= 0.3 is 0 Å². The molecule has 2 fully saturated rings. The Balaban J connectivity index is 1.61. The Labute approximate surface area is 185 Å². The van der Waals surface area contributed by atoms with Crippen molar-refractivity contribution in [2.45, 2.75) is 45.2 Å². The summed E-state index contributed by atoms with van der Waals surface area (Å²) in [5.41, 5.74) is 1.02. The first-order valence-electron chi connectivity index (χ1n) is 10.7. The minimum Gasteiger partial charge on any atom is -0.496 e. The molecule has 0 saturated carbocycles. The van der Waals surface area contributed by atoms with Gasteiger partial charge in [0.1, 0.15) is 11.8 Å². The molecule has 168 valence electrons. The van der Waals surface area contributed by atoms with E-state index < -0.39 is 16.1 Å². The van der Waals surface area contributed by atoms with Gasteiger partial charge in [-0.15, -0.1) is 0 Å². The molecule has 2 heterocycles. The topological polar surface area (TPSA) is 70.2 Å². The lowest BCUT2D eigenvalue weighted by molar-refractivity contribution is -0.138. The van der Waals surface area contributed by atoms with Gasteiger partial charge in [0.05, 0.1) is 12.9 Å². The molecule has 1 aromatic rings. The highest BCUT2D eigenvalue weighted by molar-refractivity contribution is 7.89. The fourth-order valence-electron chi connectivity index (χ4n) is 4.31. The van der Waals surface area contributed by atoms with Crippen molar-refractivity contribution in [3.63, 3.8) is 0 Å². The van der Waals surface area contributed by atoms with Crippen molar-refractivity contribution in [1.29, 1.82) is 0 Å². The monoisotopic (exact) mass is 457 g/mol. The van der Waals surface area contributed by atoms with Gasteiger partial charge in [0, 0.05) is 49.9 Å². The summed E-state index contributed by atoms with van der Waals surface area (Å²) in [6, 6.07) is 5.04. The molecule has 2 saturated heterocycles. The highest BCUT2D eigenvalue weighted by Crippen LogP contribution is 2.26. The van der Waals surface area contributed by atoms with E-state index in [4.69, 9.17) is 16.3 Å². The molecule has 0 aliphatic carbocycles. The average molecular weight is 458 g/mol. The Morgan fingerprint density at radius 1 is 1.17 bits per heavy atom. The zero-order valence-corrected chi connectivity index (χ0v) is 19.4. The van der Waals surface area contributed by atoms with Crippen LogP contribution in [0.15, 0.2) is 18.2 Å². The minimum absolute atomic E-state index is 0.0469. The normalized spacial score (nSPS) is 21.6. The van der Waals surface area contributed by atoms with E-state index in [-0.39, 0.29) is 11.7 Å². The number of piperazine rings is 1. The maximum atomic E-state index is 13.2. The molecule has 1 unspecified atom stereocenters. The van der Waals surface area contributed by atoms with E-state index in [1.165, 1.54) is 4.31 Å². The molecule has 0 aromatic heterocycles. The third-order valence-electron chi connectivity index (χ3n) is 5.88. The Morgan fingerprint density at radius 3 is 2.57 bits per heavy atom. The van der Waals surface area contributed by atoms with E-state index in [0.29, 0.717) is 44.0 Å². The number of nitrogens with zero attached hydrogens (tertiary/aromatic N) is 3. The molecule has 0 N–H and O–H groups in total. The minimum atomic E-state index is -3.38. The van der Waals surface area contributed by atoms with Crippen LogP contribution in [0.4, 0.5) is 0 Å². The predicted octanol–water partition coefficient (Wildman–Crippen LogP) is 2.59. The number of sulfonamides is 1. The number of halogens is 1. The van der Waals surface area contributed by atoms with Crippen molar-refractivity contribution < 1.29 is 17.9 Å². The van der Waals surface area contributed by atoms with Gasteiger partial charge in [0.15, 0.2) is 0 Å². The number of carbonyl (C=O) groups is 1. The van der Waals surface area contributed by atoms with Gasteiger partial charge in [-0.1, -0.05) is 24.9 Å². The second-order valence-corrected chi connectivity index (χ2v) is 10.5. The van der Waals surface area contributed by atoms with E-state index in [1.54, 1.807) is 7.11 Å². The maximum absolute atomic E-state index is 13.2. The molecular weight excluding hydrogens is 426 g/mol. The molecular formula is C21H32ClN3O4S. The molecule has 3 rings (SSSR count). The molecule has 9 heteroatoms. The number of ether oxygens (including phenoxy) is 1. The third kappa shape index (κ3) is 5.46. The first kappa shape index (κ1) is 23.3. The Kier molecular flexibility index (Phi) is 8.01. The fourth-order valence-corrected chi connectivity index (χ4v) is 6.24. The SMILES string of the molecule is CCCS(=O)(=O)N1CCCCC1C(=O)N1CCN(Cc2cc(Cl)ccc2OC)CC1. The number of hydrogen-bond acceptors (Lipinski definition) is 5. The Hall–Kier alpha value is -1.35. The molecule has 1 aromatic carbocycles. The van der Waals surface area contributed by atoms with Gasteiger partial charge in [-0.25, -0.2) is 8.42 Å². The van der Waals surface area contributed by atoms with Crippen molar-refractivity contribution in [3.8, 4) is 5.75 Å². The summed E-state index contributed by atoms with van der Waals surface area (Å²) in [5.74, 6) is 0.859. The van der Waals surface area contributed by atoms with Crippen molar-refractivity contribution in [1.82, 2.24) is 14.1 Å². The number of rotatable bonds is 7. The van der Waals surface area contributed by atoms with Crippen LogP contribution in [0.3, 0.4) is 0 Å². The van der Waals surface area contributed by atoms with Crippen LogP contribution in [0, 0.1) is 0 Å². The second-order valence-electron chi connectivity index (χ2n) is 8.00. The molecule has 30 heavy (non-hydrogen) atoms.